The number of rotatable bonds is 4. The van der Waals surface area contributed by atoms with E-state index in [1.807, 2.05) is 0 Å². The minimum atomic E-state index is -1.23. The number of carboxylic acids is 1. The van der Waals surface area contributed by atoms with Crippen molar-refractivity contribution < 1.29 is 19.8 Å². The maximum atomic E-state index is 11.6. The highest BCUT2D eigenvalue weighted by molar-refractivity contribution is 7.99. The molecule has 0 spiro atoms. The summed E-state index contributed by atoms with van der Waals surface area (Å²) >= 11 is 1.77. The number of nitrogens with one attached hydrogen (secondary N) is 1. The van der Waals surface area contributed by atoms with Gasteiger partial charge in [-0.1, -0.05) is 0 Å². The van der Waals surface area contributed by atoms with Gasteiger partial charge < -0.3 is 20.4 Å². The number of aliphatic hydroxyl groups is 1. The molecule has 0 bridgehead atoms. The molecule has 16 heavy (non-hydrogen) atoms. The van der Waals surface area contributed by atoms with Crippen LogP contribution in [0.15, 0.2) is 0 Å². The van der Waals surface area contributed by atoms with Gasteiger partial charge in [-0.25, -0.2) is 9.59 Å². The van der Waals surface area contributed by atoms with Crippen molar-refractivity contribution in [2.45, 2.75) is 18.5 Å². The molecule has 1 rings (SSSR count). The second-order valence-corrected chi connectivity index (χ2v) is 4.80. The van der Waals surface area contributed by atoms with Crippen LogP contribution in [0.3, 0.4) is 0 Å². The Morgan fingerprint density at radius 2 is 2.31 bits per heavy atom. The van der Waals surface area contributed by atoms with Gasteiger partial charge in [0.15, 0.2) is 6.04 Å². The summed E-state index contributed by atoms with van der Waals surface area (Å²) < 4.78 is 0. The zero-order chi connectivity index (χ0) is 12.1. The first-order chi connectivity index (χ1) is 7.56. The fourth-order valence-corrected chi connectivity index (χ4v) is 2.70. The van der Waals surface area contributed by atoms with E-state index in [1.165, 1.54) is 4.90 Å². The van der Waals surface area contributed by atoms with Crippen LogP contribution in [0.1, 0.15) is 6.42 Å². The largest absolute Gasteiger partial charge is 0.480 e. The van der Waals surface area contributed by atoms with E-state index in [1.54, 1.807) is 18.8 Å². The van der Waals surface area contributed by atoms with E-state index in [-0.39, 0.29) is 6.04 Å². The third-order valence-electron chi connectivity index (χ3n) is 2.55. The number of urea groups is 1. The van der Waals surface area contributed by atoms with Gasteiger partial charge in [0.1, 0.15) is 0 Å². The van der Waals surface area contributed by atoms with E-state index in [2.05, 4.69) is 5.32 Å². The second kappa shape index (κ2) is 5.95. The number of hydrogen-bond acceptors (Lipinski definition) is 4. The summed E-state index contributed by atoms with van der Waals surface area (Å²) in [6, 6.07) is -1.53. The molecule has 1 aliphatic heterocycles. The minimum Gasteiger partial charge on any atom is -0.480 e. The minimum absolute atomic E-state index is 0.151. The van der Waals surface area contributed by atoms with Crippen LogP contribution in [0, 0.1) is 0 Å². The second-order valence-electron chi connectivity index (χ2n) is 3.65. The first kappa shape index (κ1) is 13.1. The third kappa shape index (κ3) is 3.28. The number of hydrogen-bond donors (Lipinski definition) is 3. The summed E-state index contributed by atoms with van der Waals surface area (Å²) in [5, 5.41) is 19.7. The molecular formula is C9H16N2O4S. The van der Waals surface area contributed by atoms with Gasteiger partial charge in [0, 0.05) is 18.8 Å². The van der Waals surface area contributed by atoms with E-state index in [0.717, 1.165) is 17.9 Å². The Morgan fingerprint density at radius 3 is 2.75 bits per heavy atom. The smallest absolute Gasteiger partial charge is 0.328 e. The molecule has 1 saturated heterocycles. The number of carboxylic acid groups (broad SMARTS) is 1. The monoisotopic (exact) mass is 248 g/mol. The summed E-state index contributed by atoms with van der Waals surface area (Å²) in [4.78, 5) is 23.8. The maximum Gasteiger partial charge on any atom is 0.328 e. The average molecular weight is 248 g/mol. The molecule has 6 nitrogen and oxygen atoms in total. The van der Waals surface area contributed by atoms with E-state index in [0.29, 0.717) is 0 Å². The van der Waals surface area contributed by atoms with Crippen molar-refractivity contribution in [2.75, 3.05) is 25.2 Å². The fraction of sp³-hybridized carbons (Fsp3) is 0.778. The fourth-order valence-electron chi connectivity index (χ4n) is 1.43. The molecule has 1 unspecified atom stereocenters. The number of carbonyl (C=O) groups is 2. The van der Waals surface area contributed by atoms with Crippen molar-refractivity contribution in [3.8, 4) is 0 Å². The standard InChI is InChI=1S/C9H16N2O4S/c1-11(6-2-3-16-5-6)9(15)10-7(4-12)8(13)14/h6-7,12H,2-5H2,1H3,(H,10,15)(H,13,14)/t6?,7-/m0/s1. The number of thioether (sulfide) groups is 1. The summed E-state index contributed by atoms with van der Waals surface area (Å²) in [5.41, 5.74) is 0. The van der Waals surface area contributed by atoms with Crippen LogP contribution < -0.4 is 5.32 Å². The van der Waals surface area contributed by atoms with E-state index in [9.17, 15) is 9.59 Å². The normalized spacial score (nSPS) is 21.5. The predicted octanol–water partition coefficient (Wildman–Crippen LogP) is -0.421. The van der Waals surface area contributed by atoms with Crippen molar-refractivity contribution in [1.82, 2.24) is 10.2 Å². The summed E-state index contributed by atoms with van der Waals surface area (Å²) in [6.07, 6.45) is 0.922. The lowest BCUT2D eigenvalue weighted by Crippen LogP contribution is -2.51. The molecule has 0 aromatic heterocycles. The zero-order valence-electron chi connectivity index (χ0n) is 9.05. The summed E-state index contributed by atoms with van der Waals surface area (Å²) in [5.74, 6) is 0.663. The third-order valence-corrected chi connectivity index (χ3v) is 3.70. The molecule has 0 aliphatic carbocycles. The highest BCUT2D eigenvalue weighted by atomic mass is 32.2. The highest BCUT2D eigenvalue weighted by Gasteiger charge is 2.26. The molecule has 0 aromatic carbocycles. The topological polar surface area (TPSA) is 89.9 Å². The van der Waals surface area contributed by atoms with Crippen molar-refractivity contribution in [1.29, 1.82) is 0 Å². The van der Waals surface area contributed by atoms with E-state index in [4.69, 9.17) is 10.2 Å². The van der Waals surface area contributed by atoms with Gasteiger partial charge in [-0.05, 0) is 12.2 Å². The molecule has 1 heterocycles. The lowest BCUT2D eigenvalue weighted by Gasteiger charge is -2.25. The molecule has 7 heteroatoms. The van der Waals surface area contributed by atoms with Crippen LogP contribution in [-0.4, -0.2) is 64.4 Å². The SMILES string of the molecule is CN(C(=O)N[C@@H](CO)C(=O)O)C1CCSC1. The maximum absolute atomic E-state index is 11.6. The molecule has 3 N–H and O–H groups in total. The molecule has 1 fully saturated rings. The van der Waals surface area contributed by atoms with Gasteiger partial charge >= 0.3 is 12.0 Å². The Labute approximate surface area is 98.0 Å². The van der Waals surface area contributed by atoms with Gasteiger partial charge in [-0.3, -0.25) is 0 Å². The van der Waals surface area contributed by atoms with E-state index < -0.39 is 24.6 Å². The lowest BCUT2D eigenvalue weighted by atomic mass is 10.2. The molecule has 92 valence electrons. The lowest BCUT2D eigenvalue weighted by molar-refractivity contribution is -0.140. The molecule has 2 amide bonds. The number of aliphatic carboxylic acids is 1. The molecule has 2 atom stereocenters. The van der Waals surface area contributed by atoms with Crippen LogP contribution in [0.5, 0.6) is 0 Å². The highest BCUT2D eigenvalue weighted by Crippen LogP contribution is 2.21. The Morgan fingerprint density at radius 1 is 1.62 bits per heavy atom. The first-order valence-electron chi connectivity index (χ1n) is 5.01. The Hall–Kier alpha value is -0.950. The van der Waals surface area contributed by atoms with Gasteiger partial charge in [0.2, 0.25) is 0 Å². The Kier molecular flexibility index (Phi) is 4.88. The Bertz CT molecular complexity index is 268. The van der Waals surface area contributed by atoms with Crippen molar-refractivity contribution in [2.24, 2.45) is 0 Å². The van der Waals surface area contributed by atoms with Crippen LogP contribution in [-0.2, 0) is 4.79 Å². The molecule has 0 radical (unpaired) electrons. The van der Waals surface area contributed by atoms with Crippen molar-refractivity contribution in [3.63, 3.8) is 0 Å². The van der Waals surface area contributed by atoms with Crippen molar-refractivity contribution >= 4 is 23.8 Å². The van der Waals surface area contributed by atoms with Crippen LogP contribution in [0.25, 0.3) is 0 Å². The number of amides is 2. The number of carbonyl (C=O) groups excluding carboxylic acids is 1. The molecule has 0 saturated carbocycles. The number of aliphatic hydroxyl groups excluding tert-OH is 1. The Balaban J connectivity index is 2.46. The van der Waals surface area contributed by atoms with E-state index >= 15 is 0 Å². The quantitative estimate of drug-likeness (QED) is 0.628. The molecule has 1 aliphatic rings. The van der Waals surface area contributed by atoms with Crippen LogP contribution in [0.2, 0.25) is 0 Å². The van der Waals surface area contributed by atoms with Gasteiger partial charge in [-0.15, -0.1) is 0 Å². The molecular weight excluding hydrogens is 232 g/mol. The van der Waals surface area contributed by atoms with Gasteiger partial charge in [0.05, 0.1) is 6.61 Å². The van der Waals surface area contributed by atoms with Crippen LogP contribution in [0.4, 0.5) is 4.79 Å². The summed E-state index contributed by atoms with van der Waals surface area (Å²) in [7, 11) is 1.64. The predicted molar refractivity (Wildman–Crippen MR) is 60.5 cm³/mol. The zero-order valence-corrected chi connectivity index (χ0v) is 9.87. The van der Waals surface area contributed by atoms with Gasteiger partial charge in [0.25, 0.3) is 0 Å². The van der Waals surface area contributed by atoms with Gasteiger partial charge in [-0.2, -0.15) is 11.8 Å². The molecule has 0 aromatic rings. The van der Waals surface area contributed by atoms with Crippen LogP contribution >= 0.6 is 11.8 Å². The first-order valence-corrected chi connectivity index (χ1v) is 6.16. The average Bonchev–Trinajstić information content (AvgIpc) is 2.77. The van der Waals surface area contributed by atoms with Crippen molar-refractivity contribution in [3.05, 3.63) is 0 Å². The summed E-state index contributed by atoms with van der Waals surface area (Å²) in [6.45, 7) is -0.603. The number of nitrogens with zero attached hydrogens (tertiary/aromatic N) is 1.